The molecule has 8 heavy (non-hydrogen) atoms. The molecule has 47 valence electrons. The Morgan fingerprint density at radius 3 is 1.75 bits per heavy atom. The van der Waals surface area contributed by atoms with Gasteiger partial charge in [0.1, 0.15) is 0 Å². The van der Waals surface area contributed by atoms with Gasteiger partial charge in [-0.05, 0) is 6.92 Å². The summed E-state index contributed by atoms with van der Waals surface area (Å²) in [5, 5.41) is 0. The molecule has 0 nitrogen and oxygen atoms in total. The summed E-state index contributed by atoms with van der Waals surface area (Å²) in [6, 6.07) is 10.3. The number of aryl methyl sites for hydroxylation is 1. The van der Waals surface area contributed by atoms with E-state index in [1.54, 1.807) is 0 Å². The van der Waals surface area contributed by atoms with Crippen molar-refractivity contribution in [2.75, 3.05) is 0 Å². The fraction of sp³-hybridized carbons (Fsp3) is 0.143. The molecule has 1 radical (unpaired) electrons. The minimum Gasteiger partial charge on any atom is -0.0622 e. The van der Waals surface area contributed by atoms with Crippen LogP contribution in [0, 0.1) is 6.92 Å². The van der Waals surface area contributed by atoms with Crippen molar-refractivity contribution >= 4 is 0 Å². The van der Waals surface area contributed by atoms with Crippen LogP contribution in [-0.2, 0) is 22.4 Å². The third kappa shape index (κ3) is 2.31. The fourth-order valence-electron chi connectivity index (χ4n) is 0.534. The second kappa shape index (κ2) is 3.90. The predicted molar refractivity (Wildman–Crippen MR) is 31.2 cm³/mol. The maximum Gasteiger partial charge on any atom is 0 e. The molecular formula is C7H8Au. The molecule has 0 aliphatic heterocycles. The SMILES string of the molecule is Cc1ccccc1.[Au]. The van der Waals surface area contributed by atoms with E-state index in [4.69, 9.17) is 0 Å². The average Bonchev–Trinajstić information content (AvgIpc) is 1.69. The van der Waals surface area contributed by atoms with Crippen molar-refractivity contribution in [1.29, 1.82) is 0 Å². The molecule has 1 aromatic rings. The number of hydrogen-bond acceptors (Lipinski definition) is 0. The van der Waals surface area contributed by atoms with Gasteiger partial charge in [-0.25, -0.2) is 0 Å². The first kappa shape index (κ1) is 7.96. The van der Waals surface area contributed by atoms with E-state index in [0.717, 1.165) is 0 Å². The topological polar surface area (TPSA) is 0 Å². The molecule has 1 rings (SSSR count). The molecule has 0 unspecified atom stereocenters. The summed E-state index contributed by atoms with van der Waals surface area (Å²) in [6.45, 7) is 2.08. The maximum atomic E-state index is 2.08. The molecule has 0 saturated carbocycles. The van der Waals surface area contributed by atoms with Gasteiger partial charge in [0.05, 0.1) is 0 Å². The first-order chi connectivity index (χ1) is 3.39. The fourth-order valence-corrected chi connectivity index (χ4v) is 0.534. The second-order valence-electron chi connectivity index (χ2n) is 1.65. The van der Waals surface area contributed by atoms with E-state index in [1.165, 1.54) is 5.56 Å². The molecule has 0 N–H and O–H groups in total. The standard InChI is InChI=1S/C7H8.Au/c1-7-5-3-2-4-6-7;/h2-6H,1H3;. The summed E-state index contributed by atoms with van der Waals surface area (Å²) in [5.74, 6) is 0. The molecule has 0 fully saturated rings. The van der Waals surface area contributed by atoms with Crippen LogP contribution in [0.25, 0.3) is 0 Å². The molecule has 0 bridgehead atoms. The van der Waals surface area contributed by atoms with Gasteiger partial charge in [0, 0.05) is 22.4 Å². The zero-order valence-corrected chi connectivity index (χ0v) is 6.85. The van der Waals surface area contributed by atoms with E-state index in [2.05, 4.69) is 19.1 Å². The van der Waals surface area contributed by atoms with Crippen molar-refractivity contribution in [3.63, 3.8) is 0 Å². The molecule has 1 heteroatoms. The largest absolute Gasteiger partial charge is 0.0622 e. The Morgan fingerprint density at radius 2 is 1.50 bits per heavy atom. The predicted octanol–water partition coefficient (Wildman–Crippen LogP) is 1.99. The summed E-state index contributed by atoms with van der Waals surface area (Å²) >= 11 is 0. The summed E-state index contributed by atoms with van der Waals surface area (Å²) in [6.07, 6.45) is 0. The van der Waals surface area contributed by atoms with Crippen LogP contribution in [0.5, 0.6) is 0 Å². The average molecular weight is 289 g/mol. The van der Waals surface area contributed by atoms with Crippen LogP contribution in [-0.4, -0.2) is 0 Å². The first-order valence-electron chi connectivity index (χ1n) is 2.41. The van der Waals surface area contributed by atoms with Gasteiger partial charge in [0.15, 0.2) is 0 Å². The molecule has 0 aliphatic carbocycles. The summed E-state index contributed by atoms with van der Waals surface area (Å²) < 4.78 is 0. The zero-order chi connectivity index (χ0) is 5.11. The Bertz CT molecular complexity index is 134. The van der Waals surface area contributed by atoms with Crippen LogP contribution in [0.1, 0.15) is 5.56 Å². The summed E-state index contributed by atoms with van der Waals surface area (Å²) in [4.78, 5) is 0. The van der Waals surface area contributed by atoms with Crippen molar-refractivity contribution in [1.82, 2.24) is 0 Å². The van der Waals surface area contributed by atoms with Crippen molar-refractivity contribution in [2.24, 2.45) is 0 Å². The van der Waals surface area contributed by atoms with Gasteiger partial charge >= 0.3 is 0 Å². The quantitative estimate of drug-likeness (QED) is 0.641. The Balaban J connectivity index is 0.000000490. The van der Waals surface area contributed by atoms with Crippen molar-refractivity contribution in [3.05, 3.63) is 35.9 Å². The Labute approximate surface area is 65.4 Å². The molecule has 0 aliphatic rings. The molecular weight excluding hydrogens is 281 g/mol. The van der Waals surface area contributed by atoms with Crippen molar-refractivity contribution in [2.45, 2.75) is 6.92 Å². The molecule has 1 aromatic carbocycles. The molecule has 0 spiro atoms. The minimum absolute atomic E-state index is 0. The number of rotatable bonds is 0. The van der Waals surface area contributed by atoms with E-state index in [9.17, 15) is 0 Å². The second-order valence-corrected chi connectivity index (χ2v) is 1.65. The van der Waals surface area contributed by atoms with E-state index in [-0.39, 0.29) is 22.4 Å². The zero-order valence-electron chi connectivity index (χ0n) is 4.69. The Morgan fingerprint density at radius 1 is 1.00 bits per heavy atom. The Kier molecular flexibility index (Phi) is 3.88. The smallest absolute Gasteiger partial charge is 0 e. The van der Waals surface area contributed by atoms with Crippen LogP contribution in [0.3, 0.4) is 0 Å². The van der Waals surface area contributed by atoms with E-state index in [1.807, 2.05) is 18.2 Å². The molecule has 0 atom stereocenters. The van der Waals surface area contributed by atoms with Gasteiger partial charge in [-0.15, -0.1) is 0 Å². The third-order valence-corrected chi connectivity index (χ3v) is 0.940. The maximum absolute atomic E-state index is 2.08. The van der Waals surface area contributed by atoms with Crippen LogP contribution < -0.4 is 0 Å². The van der Waals surface area contributed by atoms with Gasteiger partial charge in [-0.3, -0.25) is 0 Å². The molecule has 0 aromatic heterocycles. The van der Waals surface area contributed by atoms with Crippen molar-refractivity contribution < 1.29 is 22.4 Å². The van der Waals surface area contributed by atoms with Crippen LogP contribution in [0.15, 0.2) is 30.3 Å². The number of benzene rings is 1. The third-order valence-electron chi connectivity index (χ3n) is 0.940. The summed E-state index contributed by atoms with van der Waals surface area (Å²) in [5.41, 5.74) is 1.32. The van der Waals surface area contributed by atoms with Gasteiger partial charge in [-0.2, -0.15) is 0 Å². The minimum atomic E-state index is 0. The van der Waals surface area contributed by atoms with E-state index >= 15 is 0 Å². The Hall–Kier alpha value is -0.0397. The summed E-state index contributed by atoms with van der Waals surface area (Å²) in [7, 11) is 0. The van der Waals surface area contributed by atoms with Crippen LogP contribution in [0.2, 0.25) is 0 Å². The van der Waals surface area contributed by atoms with Gasteiger partial charge < -0.3 is 0 Å². The number of hydrogen-bond donors (Lipinski definition) is 0. The normalized spacial score (nSPS) is 7.62. The van der Waals surface area contributed by atoms with E-state index < -0.39 is 0 Å². The van der Waals surface area contributed by atoms with Gasteiger partial charge in [0.25, 0.3) is 0 Å². The molecule has 0 amide bonds. The molecule has 0 saturated heterocycles. The van der Waals surface area contributed by atoms with Crippen LogP contribution >= 0.6 is 0 Å². The van der Waals surface area contributed by atoms with Gasteiger partial charge in [-0.1, -0.05) is 35.9 Å². The van der Waals surface area contributed by atoms with Crippen molar-refractivity contribution in [3.8, 4) is 0 Å². The molecule has 0 heterocycles. The first-order valence-corrected chi connectivity index (χ1v) is 2.41. The monoisotopic (exact) mass is 289 g/mol. The van der Waals surface area contributed by atoms with Gasteiger partial charge in [0.2, 0.25) is 0 Å². The van der Waals surface area contributed by atoms with E-state index in [0.29, 0.717) is 0 Å². The van der Waals surface area contributed by atoms with Crippen LogP contribution in [0.4, 0.5) is 0 Å².